The van der Waals surface area contributed by atoms with Gasteiger partial charge in [0.15, 0.2) is 5.84 Å². The molecule has 8 heteroatoms. The SMILES string of the molecule is N#CSc1ccccc1/C=N\NC1=NS(=O)(=O)c2ccccc21. The lowest BCUT2D eigenvalue weighted by Gasteiger charge is -2.02. The van der Waals surface area contributed by atoms with Gasteiger partial charge in [-0.25, -0.2) is 0 Å². The summed E-state index contributed by atoms with van der Waals surface area (Å²) in [5.74, 6) is 0.183. The van der Waals surface area contributed by atoms with Gasteiger partial charge in [0.2, 0.25) is 0 Å². The zero-order valence-electron chi connectivity index (χ0n) is 11.7. The van der Waals surface area contributed by atoms with E-state index in [1.165, 1.54) is 12.3 Å². The second kappa shape index (κ2) is 6.24. The molecule has 0 unspecified atom stereocenters. The van der Waals surface area contributed by atoms with Gasteiger partial charge in [0.05, 0.1) is 6.21 Å². The zero-order valence-corrected chi connectivity index (χ0v) is 13.3. The number of hydrogen-bond donors (Lipinski definition) is 1. The number of nitriles is 1. The second-order valence-electron chi connectivity index (χ2n) is 4.51. The van der Waals surface area contributed by atoms with E-state index >= 15 is 0 Å². The molecule has 2 aromatic carbocycles. The summed E-state index contributed by atoms with van der Waals surface area (Å²) in [7, 11) is -3.66. The summed E-state index contributed by atoms with van der Waals surface area (Å²) in [6, 6.07) is 13.8. The van der Waals surface area contributed by atoms with E-state index in [4.69, 9.17) is 5.26 Å². The van der Waals surface area contributed by atoms with Gasteiger partial charge >= 0.3 is 0 Å². The quantitative estimate of drug-likeness (QED) is 0.400. The van der Waals surface area contributed by atoms with Gasteiger partial charge in [0, 0.05) is 16.0 Å². The number of hydrogen-bond acceptors (Lipinski definition) is 6. The van der Waals surface area contributed by atoms with Crippen LogP contribution >= 0.6 is 11.8 Å². The summed E-state index contributed by atoms with van der Waals surface area (Å²) in [4.78, 5) is 0.931. The zero-order chi connectivity index (χ0) is 16.3. The Morgan fingerprint density at radius 3 is 2.74 bits per heavy atom. The predicted octanol–water partition coefficient (Wildman–Crippen LogP) is 2.33. The number of thioether (sulfide) groups is 1. The lowest BCUT2D eigenvalue weighted by molar-refractivity contribution is 0.599. The number of hydrazone groups is 1. The van der Waals surface area contributed by atoms with Crippen LogP contribution in [-0.4, -0.2) is 20.5 Å². The molecule has 0 atom stereocenters. The van der Waals surface area contributed by atoms with Crippen molar-refractivity contribution in [3.63, 3.8) is 0 Å². The van der Waals surface area contributed by atoms with Gasteiger partial charge in [-0.3, -0.25) is 5.43 Å². The van der Waals surface area contributed by atoms with Gasteiger partial charge in [-0.1, -0.05) is 30.3 Å². The molecule has 1 N–H and O–H groups in total. The summed E-state index contributed by atoms with van der Waals surface area (Å²) in [6.07, 6.45) is 1.52. The predicted molar refractivity (Wildman–Crippen MR) is 88.8 cm³/mol. The van der Waals surface area contributed by atoms with E-state index in [1.807, 2.05) is 29.7 Å². The van der Waals surface area contributed by atoms with Crippen LogP contribution in [0.3, 0.4) is 0 Å². The van der Waals surface area contributed by atoms with Gasteiger partial charge in [-0.2, -0.15) is 18.8 Å². The van der Waals surface area contributed by atoms with Crippen LogP contribution < -0.4 is 5.43 Å². The largest absolute Gasteiger partial charge is 0.285 e. The highest BCUT2D eigenvalue weighted by molar-refractivity contribution is 8.03. The van der Waals surface area contributed by atoms with Crippen LogP contribution in [0.5, 0.6) is 0 Å². The van der Waals surface area contributed by atoms with E-state index < -0.39 is 10.0 Å². The Bertz CT molecular complexity index is 959. The van der Waals surface area contributed by atoms with E-state index in [9.17, 15) is 8.42 Å². The van der Waals surface area contributed by atoms with Crippen molar-refractivity contribution in [2.45, 2.75) is 9.79 Å². The topological polar surface area (TPSA) is 94.7 Å². The van der Waals surface area contributed by atoms with E-state index in [0.717, 1.165) is 22.2 Å². The first-order valence-corrected chi connectivity index (χ1v) is 8.76. The van der Waals surface area contributed by atoms with E-state index in [-0.39, 0.29) is 10.7 Å². The molecule has 0 aliphatic carbocycles. The number of nitrogens with zero attached hydrogens (tertiary/aromatic N) is 3. The highest BCUT2D eigenvalue weighted by Crippen LogP contribution is 2.25. The number of amidine groups is 1. The first-order valence-electron chi connectivity index (χ1n) is 6.50. The van der Waals surface area contributed by atoms with Gasteiger partial charge < -0.3 is 0 Å². The van der Waals surface area contributed by atoms with Gasteiger partial charge in [-0.15, -0.1) is 4.40 Å². The van der Waals surface area contributed by atoms with Crippen molar-refractivity contribution in [1.82, 2.24) is 5.43 Å². The number of benzene rings is 2. The molecule has 1 aliphatic rings. The molecule has 0 saturated carbocycles. The Kier molecular flexibility index (Phi) is 4.14. The maximum atomic E-state index is 11.9. The summed E-state index contributed by atoms with van der Waals surface area (Å²) < 4.78 is 27.5. The molecule has 1 heterocycles. The highest BCUT2D eigenvalue weighted by atomic mass is 32.2. The fourth-order valence-corrected chi connectivity index (χ4v) is 3.73. The maximum Gasteiger partial charge on any atom is 0.285 e. The van der Waals surface area contributed by atoms with E-state index in [2.05, 4.69) is 14.9 Å². The van der Waals surface area contributed by atoms with Crippen LogP contribution in [0, 0.1) is 10.7 Å². The number of rotatable bonds is 3. The Morgan fingerprint density at radius 2 is 1.91 bits per heavy atom. The molecule has 114 valence electrons. The normalized spacial score (nSPS) is 15.0. The third-order valence-electron chi connectivity index (χ3n) is 3.08. The average Bonchev–Trinajstić information content (AvgIpc) is 2.81. The third-order valence-corrected chi connectivity index (χ3v) is 5.10. The number of thiocyanates is 1. The third kappa shape index (κ3) is 3.11. The van der Waals surface area contributed by atoms with Crippen LogP contribution in [0.1, 0.15) is 11.1 Å². The molecular weight excluding hydrogens is 332 g/mol. The van der Waals surface area contributed by atoms with Crippen molar-refractivity contribution in [1.29, 1.82) is 5.26 Å². The lowest BCUT2D eigenvalue weighted by atomic mass is 10.2. The maximum absolute atomic E-state index is 11.9. The average molecular weight is 342 g/mol. The van der Waals surface area contributed by atoms with Gasteiger partial charge in [0.25, 0.3) is 10.0 Å². The molecule has 0 amide bonds. The molecule has 0 bridgehead atoms. The molecule has 0 fully saturated rings. The molecule has 0 spiro atoms. The van der Waals surface area contributed by atoms with Crippen LogP contribution in [-0.2, 0) is 10.0 Å². The van der Waals surface area contributed by atoms with Crippen molar-refractivity contribution in [3.05, 3.63) is 59.7 Å². The minimum Gasteiger partial charge on any atom is -0.260 e. The minimum atomic E-state index is -3.66. The molecule has 0 radical (unpaired) electrons. The molecule has 0 aromatic heterocycles. The fourth-order valence-electron chi connectivity index (χ4n) is 2.08. The molecule has 1 aliphatic heterocycles. The second-order valence-corrected chi connectivity index (χ2v) is 6.91. The molecule has 0 saturated heterocycles. The summed E-state index contributed by atoms with van der Waals surface area (Å²) in [6.45, 7) is 0. The van der Waals surface area contributed by atoms with Crippen molar-refractivity contribution in [2.24, 2.45) is 9.50 Å². The lowest BCUT2D eigenvalue weighted by Crippen LogP contribution is -2.17. The first-order chi connectivity index (χ1) is 11.1. The Balaban J connectivity index is 1.84. The monoisotopic (exact) mass is 342 g/mol. The summed E-state index contributed by atoms with van der Waals surface area (Å²) in [5, 5.41) is 14.8. The molecule has 3 rings (SSSR count). The minimum absolute atomic E-state index is 0.165. The summed E-state index contributed by atoms with van der Waals surface area (Å²) in [5.41, 5.74) is 3.90. The van der Waals surface area contributed by atoms with Crippen molar-refractivity contribution in [2.75, 3.05) is 0 Å². The van der Waals surface area contributed by atoms with Crippen LogP contribution in [0.15, 0.2) is 67.8 Å². The number of fused-ring (bicyclic) bond motifs is 1. The van der Waals surface area contributed by atoms with Crippen molar-refractivity contribution >= 4 is 33.8 Å². The summed E-state index contributed by atoms with van der Waals surface area (Å²) >= 11 is 1.03. The standard InChI is InChI=1S/C15H10N4O2S2/c16-10-22-13-7-3-1-5-11(13)9-17-18-15-12-6-2-4-8-14(12)23(20,21)19-15/h1-9H,(H,18,19)/b17-9-. The Morgan fingerprint density at radius 1 is 1.17 bits per heavy atom. The van der Waals surface area contributed by atoms with Crippen molar-refractivity contribution < 1.29 is 8.42 Å². The van der Waals surface area contributed by atoms with Crippen LogP contribution in [0.4, 0.5) is 0 Å². The van der Waals surface area contributed by atoms with Crippen LogP contribution in [0.2, 0.25) is 0 Å². The van der Waals surface area contributed by atoms with E-state index in [0.29, 0.717) is 5.56 Å². The number of nitrogens with one attached hydrogen (secondary N) is 1. The molecule has 2 aromatic rings. The molecule has 6 nitrogen and oxygen atoms in total. The highest BCUT2D eigenvalue weighted by Gasteiger charge is 2.28. The molecular formula is C15H10N4O2S2. The van der Waals surface area contributed by atoms with Crippen LogP contribution in [0.25, 0.3) is 0 Å². The Hall–Kier alpha value is -2.63. The number of sulfonamides is 1. The smallest absolute Gasteiger partial charge is 0.260 e. The van der Waals surface area contributed by atoms with Gasteiger partial charge in [-0.05, 0) is 30.0 Å². The first kappa shape index (κ1) is 15.3. The van der Waals surface area contributed by atoms with E-state index in [1.54, 1.807) is 18.2 Å². The van der Waals surface area contributed by atoms with Crippen molar-refractivity contribution in [3.8, 4) is 5.40 Å². The fraction of sp³-hybridized carbons (Fsp3) is 0. The van der Waals surface area contributed by atoms with Gasteiger partial charge in [0.1, 0.15) is 10.3 Å². The Labute approximate surface area is 137 Å². The molecule has 23 heavy (non-hydrogen) atoms.